The largest absolute Gasteiger partial charge is 0.494 e. The molecule has 3 nitrogen and oxygen atoms in total. The smallest absolute Gasteiger partial charge is 0.460 e. The summed E-state index contributed by atoms with van der Waals surface area (Å²) in [4.78, 5) is 12.1. The van der Waals surface area contributed by atoms with E-state index in [0.29, 0.717) is 6.42 Å². The van der Waals surface area contributed by atoms with Crippen LogP contribution in [0.2, 0.25) is 0 Å². The van der Waals surface area contributed by atoms with Gasteiger partial charge in [-0.1, -0.05) is 26.2 Å². The molecule has 0 atom stereocenters. The third-order valence-electron chi connectivity index (χ3n) is 6.12. The van der Waals surface area contributed by atoms with Crippen LogP contribution in [0.4, 0.5) is 74.6 Å². The van der Waals surface area contributed by atoms with Crippen molar-refractivity contribution in [1.29, 1.82) is 0 Å². The zero-order chi connectivity index (χ0) is 34.8. The first-order chi connectivity index (χ1) is 19.6. The standard InChI is InChI=1S/C24H23F17O3/c1-3-4-5-6-10-43-14-7-8-15(13(2)12-14)16(42)44-11-9-17(25,26)18(27,28)19(29,30)20(31,32)21(33,34)22(35,36)23(37,38)24(39,40)41/h7-8,12H,3-6,9-11H2,1-2H3. The number of hydrogen-bond acceptors (Lipinski definition) is 3. The summed E-state index contributed by atoms with van der Waals surface area (Å²) in [6.45, 7) is 1.47. The van der Waals surface area contributed by atoms with E-state index in [-0.39, 0.29) is 17.9 Å². The SMILES string of the molecule is CCCCCCOc1ccc(C(=O)OCCC(F)(F)C(F)(F)C(F)(F)C(F)(F)C(F)(F)C(F)(F)C(F)(F)C(F)(F)F)c(C)c1. The maximum Gasteiger partial charge on any atom is 0.460 e. The minimum Gasteiger partial charge on any atom is -0.494 e. The second kappa shape index (κ2) is 13.0. The fourth-order valence-corrected chi connectivity index (χ4v) is 3.38. The Kier molecular flexibility index (Phi) is 11.6. The van der Waals surface area contributed by atoms with E-state index < -0.39 is 72.2 Å². The molecule has 256 valence electrons. The van der Waals surface area contributed by atoms with Gasteiger partial charge in [-0.15, -0.1) is 0 Å². The number of rotatable bonds is 16. The second-order valence-corrected chi connectivity index (χ2v) is 9.42. The third-order valence-corrected chi connectivity index (χ3v) is 6.12. The Morgan fingerprint density at radius 3 is 1.57 bits per heavy atom. The topological polar surface area (TPSA) is 35.5 Å². The Bertz CT molecular complexity index is 1130. The van der Waals surface area contributed by atoms with Gasteiger partial charge in [0.1, 0.15) is 5.75 Å². The lowest BCUT2D eigenvalue weighted by molar-refractivity contribution is -0.461. The molecule has 0 unspecified atom stereocenters. The zero-order valence-electron chi connectivity index (χ0n) is 22.3. The van der Waals surface area contributed by atoms with E-state index in [2.05, 4.69) is 4.74 Å². The molecule has 20 heteroatoms. The van der Waals surface area contributed by atoms with Gasteiger partial charge in [0.2, 0.25) is 0 Å². The predicted molar refractivity (Wildman–Crippen MR) is 116 cm³/mol. The predicted octanol–water partition coefficient (Wildman–Crippen LogP) is 9.51. The second-order valence-electron chi connectivity index (χ2n) is 9.42. The van der Waals surface area contributed by atoms with Crippen molar-refractivity contribution in [3.8, 4) is 5.75 Å². The molecule has 0 aliphatic heterocycles. The van der Waals surface area contributed by atoms with Crippen molar-refractivity contribution in [2.45, 2.75) is 93.6 Å². The van der Waals surface area contributed by atoms with Gasteiger partial charge in [-0.05, 0) is 37.1 Å². The van der Waals surface area contributed by atoms with Crippen LogP contribution in [-0.4, -0.2) is 66.8 Å². The van der Waals surface area contributed by atoms with E-state index in [1.165, 1.54) is 19.1 Å². The van der Waals surface area contributed by atoms with Crippen LogP contribution in [0, 0.1) is 6.92 Å². The molecule has 1 aromatic carbocycles. The molecular weight excluding hydrogens is 659 g/mol. The summed E-state index contributed by atoms with van der Waals surface area (Å²) < 4.78 is 236. The number of aryl methyl sites for hydroxylation is 1. The summed E-state index contributed by atoms with van der Waals surface area (Å²) in [7, 11) is 0. The molecule has 44 heavy (non-hydrogen) atoms. The van der Waals surface area contributed by atoms with Gasteiger partial charge >= 0.3 is 53.6 Å². The van der Waals surface area contributed by atoms with Crippen LogP contribution < -0.4 is 4.74 Å². The summed E-state index contributed by atoms with van der Waals surface area (Å²) in [6, 6.07) is 3.44. The molecule has 0 fully saturated rings. The van der Waals surface area contributed by atoms with Gasteiger partial charge in [0.05, 0.1) is 25.2 Å². The van der Waals surface area contributed by atoms with Crippen molar-refractivity contribution < 1.29 is 88.9 Å². The van der Waals surface area contributed by atoms with Crippen molar-refractivity contribution >= 4 is 5.97 Å². The highest BCUT2D eigenvalue weighted by Crippen LogP contribution is 2.64. The van der Waals surface area contributed by atoms with Crippen LogP contribution in [0.1, 0.15) is 54.9 Å². The molecular formula is C24H23F17O3. The van der Waals surface area contributed by atoms with Crippen molar-refractivity contribution in [2.75, 3.05) is 13.2 Å². The van der Waals surface area contributed by atoms with E-state index in [9.17, 15) is 79.4 Å². The number of carbonyl (C=O) groups is 1. The van der Waals surface area contributed by atoms with Crippen LogP contribution in [-0.2, 0) is 4.74 Å². The zero-order valence-corrected chi connectivity index (χ0v) is 22.3. The molecule has 0 N–H and O–H groups in total. The monoisotopic (exact) mass is 682 g/mol. The van der Waals surface area contributed by atoms with Gasteiger partial charge in [0.15, 0.2) is 0 Å². The summed E-state index contributed by atoms with van der Waals surface area (Å²) in [5.74, 6) is -58.3. The first kappa shape index (κ1) is 39.3. The molecule has 0 radical (unpaired) electrons. The lowest BCUT2D eigenvalue weighted by Crippen LogP contribution is -2.74. The van der Waals surface area contributed by atoms with Gasteiger partial charge in [-0.25, -0.2) is 4.79 Å². The Balaban J connectivity index is 3.12. The van der Waals surface area contributed by atoms with Gasteiger partial charge in [-0.3, -0.25) is 0 Å². The summed E-state index contributed by atoms with van der Waals surface area (Å²) >= 11 is 0. The average molecular weight is 682 g/mol. The van der Waals surface area contributed by atoms with Crippen molar-refractivity contribution in [3.63, 3.8) is 0 Å². The van der Waals surface area contributed by atoms with Crippen molar-refractivity contribution in [1.82, 2.24) is 0 Å². The van der Waals surface area contributed by atoms with E-state index in [0.717, 1.165) is 25.3 Å². The number of unbranched alkanes of at least 4 members (excludes halogenated alkanes) is 3. The molecule has 0 heterocycles. The lowest BCUT2D eigenvalue weighted by atomic mass is 9.88. The molecule has 0 saturated carbocycles. The Hall–Kier alpha value is -2.70. The van der Waals surface area contributed by atoms with Gasteiger partial charge < -0.3 is 9.47 Å². The van der Waals surface area contributed by atoms with Crippen LogP contribution in [0.25, 0.3) is 0 Å². The van der Waals surface area contributed by atoms with E-state index in [1.807, 2.05) is 6.92 Å². The Morgan fingerprint density at radius 2 is 1.11 bits per heavy atom. The van der Waals surface area contributed by atoms with Crippen LogP contribution in [0.15, 0.2) is 18.2 Å². The highest BCUT2D eigenvalue weighted by Gasteiger charge is 2.95. The molecule has 1 aromatic rings. The fraction of sp³-hybridized carbons (Fsp3) is 0.708. The maximum absolute atomic E-state index is 14.0. The number of benzene rings is 1. The summed E-state index contributed by atoms with van der Waals surface area (Å²) in [5, 5.41) is 0. The summed E-state index contributed by atoms with van der Waals surface area (Å²) in [6.07, 6.45) is -7.30. The molecule has 0 aliphatic carbocycles. The Labute approximate surface area is 237 Å². The maximum atomic E-state index is 14.0. The van der Waals surface area contributed by atoms with Gasteiger partial charge in [0, 0.05) is 0 Å². The molecule has 0 amide bonds. The van der Waals surface area contributed by atoms with Gasteiger partial charge in [0.25, 0.3) is 0 Å². The highest BCUT2D eigenvalue weighted by atomic mass is 19.4. The molecule has 0 aliphatic rings. The van der Waals surface area contributed by atoms with Crippen LogP contribution in [0.5, 0.6) is 5.75 Å². The first-order valence-electron chi connectivity index (χ1n) is 12.2. The van der Waals surface area contributed by atoms with E-state index >= 15 is 0 Å². The molecule has 0 bridgehead atoms. The molecule has 1 rings (SSSR count). The normalized spacial score (nSPS) is 14.5. The first-order valence-corrected chi connectivity index (χ1v) is 12.2. The van der Waals surface area contributed by atoms with Gasteiger partial charge in [-0.2, -0.15) is 74.6 Å². The van der Waals surface area contributed by atoms with Crippen molar-refractivity contribution in [2.24, 2.45) is 0 Å². The fourth-order valence-electron chi connectivity index (χ4n) is 3.38. The number of halogens is 17. The van der Waals surface area contributed by atoms with E-state index in [4.69, 9.17) is 4.74 Å². The van der Waals surface area contributed by atoms with Crippen molar-refractivity contribution in [3.05, 3.63) is 29.3 Å². The number of carbonyl (C=O) groups excluding carboxylic acids is 1. The van der Waals surface area contributed by atoms with Crippen LogP contribution in [0.3, 0.4) is 0 Å². The lowest BCUT2D eigenvalue weighted by Gasteiger charge is -2.42. The quantitative estimate of drug-likeness (QED) is 0.0991. The number of hydrogen-bond donors (Lipinski definition) is 0. The highest BCUT2D eigenvalue weighted by molar-refractivity contribution is 5.91. The summed E-state index contributed by atoms with van der Waals surface area (Å²) in [5.41, 5.74) is -0.383. The number of esters is 1. The number of ether oxygens (including phenoxy) is 2. The van der Waals surface area contributed by atoms with E-state index in [1.54, 1.807) is 0 Å². The molecule has 0 spiro atoms. The molecule has 0 aromatic heterocycles. The third kappa shape index (κ3) is 6.92. The average Bonchev–Trinajstić information content (AvgIpc) is 2.87. The minimum absolute atomic E-state index is 0.0446. The Morgan fingerprint density at radius 1 is 0.636 bits per heavy atom. The molecule has 0 saturated heterocycles. The minimum atomic E-state index is -8.70. The van der Waals surface area contributed by atoms with Crippen LogP contribution >= 0.6 is 0 Å². The number of alkyl halides is 17.